The number of hydrogen-bond donors (Lipinski definition) is 0. The first-order valence-corrected chi connectivity index (χ1v) is 8.13. The zero-order valence-electron chi connectivity index (χ0n) is 12.8. The van der Waals surface area contributed by atoms with Crippen LogP contribution in [-0.2, 0) is 0 Å². The first-order chi connectivity index (χ1) is 11.7. The minimum Gasteiger partial charge on any atom is -0.330 e. The molecule has 1 saturated heterocycles. The number of likely N-dealkylation sites (tertiary alicyclic amines) is 1. The average molecular weight is 339 g/mol. The van der Waals surface area contributed by atoms with E-state index in [-0.39, 0.29) is 11.9 Å². The fourth-order valence-electron chi connectivity index (χ4n) is 2.91. The summed E-state index contributed by atoms with van der Waals surface area (Å²) in [6, 6.07) is 13.2. The summed E-state index contributed by atoms with van der Waals surface area (Å²) < 4.78 is 1.71. The van der Waals surface area contributed by atoms with E-state index in [9.17, 15) is 4.79 Å². The minimum absolute atomic E-state index is 0.0600. The molecule has 2 aromatic heterocycles. The predicted octanol–water partition coefficient (Wildman–Crippen LogP) is 3.51. The molecule has 0 N–H and O–H groups in total. The molecule has 5 nitrogen and oxygen atoms in total. The SMILES string of the molecule is O=C(c1cc(-n2cccn2)ccn1)N1CCC1c1ccc(Cl)cc1. The average Bonchev–Trinajstić information content (AvgIpc) is 3.10. The van der Waals surface area contributed by atoms with Gasteiger partial charge in [0.25, 0.3) is 5.91 Å². The number of carbonyl (C=O) groups excluding carboxylic acids is 1. The van der Waals surface area contributed by atoms with Crippen molar-refractivity contribution < 1.29 is 4.79 Å². The Morgan fingerprint density at radius 2 is 2.00 bits per heavy atom. The van der Waals surface area contributed by atoms with Crippen molar-refractivity contribution in [2.24, 2.45) is 0 Å². The lowest BCUT2D eigenvalue weighted by Crippen LogP contribution is -2.45. The van der Waals surface area contributed by atoms with E-state index >= 15 is 0 Å². The maximum Gasteiger partial charge on any atom is 0.273 e. The third kappa shape index (κ3) is 2.67. The van der Waals surface area contributed by atoms with Crippen molar-refractivity contribution in [3.8, 4) is 5.69 Å². The number of halogens is 1. The van der Waals surface area contributed by atoms with Crippen molar-refractivity contribution in [1.29, 1.82) is 0 Å². The molecule has 3 heterocycles. The van der Waals surface area contributed by atoms with Gasteiger partial charge in [0.05, 0.1) is 11.7 Å². The van der Waals surface area contributed by atoms with Crippen LogP contribution in [0.3, 0.4) is 0 Å². The van der Waals surface area contributed by atoms with E-state index in [1.54, 1.807) is 23.1 Å². The van der Waals surface area contributed by atoms with Crippen LogP contribution < -0.4 is 0 Å². The summed E-state index contributed by atoms with van der Waals surface area (Å²) in [4.78, 5) is 18.9. The second kappa shape index (κ2) is 6.09. The third-order valence-electron chi connectivity index (χ3n) is 4.27. The highest BCUT2D eigenvalue weighted by molar-refractivity contribution is 6.30. The predicted molar refractivity (Wildman–Crippen MR) is 91.2 cm³/mol. The molecular weight excluding hydrogens is 324 g/mol. The topological polar surface area (TPSA) is 51.0 Å². The number of amides is 1. The van der Waals surface area contributed by atoms with Crippen molar-refractivity contribution >= 4 is 17.5 Å². The smallest absolute Gasteiger partial charge is 0.273 e. The molecule has 24 heavy (non-hydrogen) atoms. The van der Waals surface area contributed by atoms with Crippen LogP contribution in [0.4, 0.5) is 0 Å². The Kier molecular flexibility index (Phi) is 3.78. The Bertz CT molecular complexity index is 861. The van der Waals surface area contributed by atoms with Gasteiger partial charge in [-0.05, 0) is 42.3 Å². The molecule has 0 radical (unpaired) electrons. The third-order valence-corrected chi connectivity index (χ3v) is 4.52. The summed E-state index contributed by atoms with van der Waals surface area (Å²) in [7, 11) is 0. The molecule has 1 aromatic carbocycles. The van der Waals surface area contributed by atoms with E-state index in [4.69, 9.17) is 11.6 Å². The van der Waals surface area contributed by atoms with Crippen LogP contribution in [0.2, 0.25) is 5.02 Å². The monoisotopic (exact) mass is 338 g/mol. The lowest BCUT2D eigenvalue weighted by molar-refractivity contribution is 0.0454. The fourth-order valence-corrected chi connectivity index (χ4v) is 3.04. The number of benzene rings is 1. The van der Waals surface area contributed by atoms with Gasteiger partial charge in [0.2, 0.25) is 0 Å². The van der Waals surface area contributed by atoms with Crippen LogP contribution in [0, 0.1) is 0 Å². The van der Waals surface area contributed by atoms with Gasteiger partial charge in [-0.1, -0.05) is 23.7 Å². The molecule has 1 aliphatic heterocycles. The van der Waals surface area contributed by atoms with Gasteiger partial charge in [-0.3, -0.25) is 9.78 Å². The highest BCUT2D eigenvalue weighted by atomic mass is 35.5. The van der Waals surface area contributed by atoms with Gasteiger partial charge in [0.1, 0.15) is 5.69 Å². The summed E-state index contributed by atoms with van der Waals surface area (Å²) in [6.07, 6.45) is 6.13. The van der Waals surface area contributed by atoms with Gasteiger partial charge in [0, 0.05) is 30.2 Å². The first kappa shape index (κ1) is 14.9. The first-order valence-electron chi connectivity index (χ1n) is 7.75. The van der Waals surface area contributed by atoms with Crippen molar-refractivity contribution in [3.63, 3.8) is 0 Å². The molecule has 4 rings (SSSR count). The van der Waals surface area contributed by atoms with E-state index in [1.165, 1.54) is 0 Å². The molecule has 1 unspecified atom stereocenters. The zero-order valence-corrected chi connectivity index (χ0v) is 13.6. The Labute approximate surface area is 144 Å². The maximum absolute atomic E-state index is 12.8. The number of carbonyl (C=O) groups is 1. The quantitative estimate of drug-likeness (QED) is 0.734. The second-order valence-corrected chi connectivity index (χ2v) is 6.14. The fraction of sp³-hybridized carbons (Fsp3) is 0.167. The number of hydrogen-bond acceptors (Lipinski definition) is 3. The van der Waals surface area contributed by atoms with Gasteiger partial charge in [-0.2, -0.15) is 5.10 Å². The molecule has 1 atom stereocenters. The molecule has 3 aromatic rings. The number of nitrogens with zero attached hydrogens (tertiary/aromatic N) is 4. The normalized spacial score (nSPS) is 16.7. The van der Waals surface area contributed by atoms with Gasteiger partial charge in [-0.25, -0.2) is 4.68 Å². The van der Waals surface area contributed by atoms with Crippen LogP contribution >= 0.6 is 11.6 Å². The highest BCUT2D eigenvalue weighted by Crippen LogP contribution is 2.34. The minimum atomic E-state index is -0.0600. The highest BCUT2D eigenvalue weighted by Gasteiger charge is 2.34. The summed E-state index contributed by atoms with van der Waals surface area (Å²) in [5, 5.41) is 4.89. The molecule has 1 fully saturated rings. The van der Waals surface area contributed by atoms with E-state index in [2.05, 4.69) is 10.1 Å². The number of aromatic nitrogens is 3. The molecule has 120 valence electrons. The van der Waals surface area contributed by atoms with Gasteiger partial charge < -0.3 is 4.90 Å². The largest absolute Gasteiger partial charge is 0.330 e. The molecule has 0 saturated carbocycles. The van der Waals surface area contributed by atoms with Gasteiger partial charge in [0.15, 0.2) is 0 Å². The van der Waals surface area contributed by atoms with Crippen LogP contribution in [0.5, 0.6) is 0 Å². The molecule has 1 aliphatic rings. The van der Waals surface area contributed by atoms with Crippen LogP contribution in [0.1, 0.15) is 28.5 Å². The Hall–Kier alpha value is -2.66. The van der Waals surface area contributed by atoms with E-state index < -0.39 is 0 Å². The summed E-state index contributed by atoms with van der Waals surface area (Å²) in [5.41, 5.74) is 2.35. The number of rotatable bonds is 3. The second-order valence-electron chi connectivity index (χ2n) is 5.70. The maximum atomic E-state index is 12.8. The number of pyridine rings is 1. The summed E-state index contributed by atoms with van der Waals surface area (Å²) in [6.45, 7) is 0.736. The van der Waals surface area contributed by atoms with Gasteiger partial charge >= 0.3 is 0 Å². The molecule has 0 bridgehead atoms. The van der Waals surface area contributed by atoms with Crippen molar-refractivity contribution in [2.45, 2.75) is 12.5 Å². The van der Waals surface area contributed by atoms with E-state index in [0.29, 0.717) is 10.7 Å². The van der Waals surface area contributed by atoms with Crippen molar-refractivity contribution in [2.75, 3.05) is 6.54 Å². The van der Waals surface area contributed by atoms with Gasteiger partial charge in [-0.15, -0.1) is 0 Å². The summed E-state index contributed by atoms with van der Waals surface area (Å²) in [5.74, 6) is -0.0600. The standard InChI is InChI=1S/C18H15ClN4O/c19-14-4-2-13(3-5-14)17-7-11-22(17)18(24)16-12-15(6-9-20-16)23-10-1-8-21-23/h1-6,8-10,12,17H,7,11H2. The Morgan fingerprint density at radius 1 is 1.17 bits per heavy atom. The lowest BCUT2D eigenvalue weighted by atomic mass is 9.94. The molecule has 0 aliphatic carbocycles. The molecule has 0 spiro atoms. The summed E-state index contributed by atoms with van der Waals surface area (Å²) >= 11 is 5.94. The van der Waals surface area contributed by atoms with Crippen LogP contribution in [0.25, 0.3) is 5.69 Å². The zero-order chi connectivity index (χ0) is 16.5. The molecule has 1 amide bonds. The Morgan fingerprint density at radius 3 is 2.67 bits per heavy atom. The van der Waals surface area contributed by atoms with Crippen molar-refractivity contribution in [3.05, 3.63) is 77.3 Å². The molecule has 6 heteroatoms. The van der Waals surface area contributed by atoms with Crippen molar-refractivity contribution in [1.82, 2.24) is 19.7 Å². The molecular formula is C18H15ClN4O. The lowest BCUT2D eigenvalue weighted by Gasteiger charge is -2.41. The Balaban J connectivity index is 1.58. The van der Waals surface area contributed by atoms with E-state index in [1.807, 2.05) is 47.5 Å². The van der Waals surface area contributed by atoms with Crippen LogP contribution in [0.15, 0.2) is 61.1 Å². The van der Waals surface area contributed by atoms with E-state index in [0.717, 1.165) is 24.2 Å². The van der Waals surface area contributed by atoms with Crippen LogP contribution in [-0.4, -0.2) is 32.1 Å².